The summed E-state index contributed by atoms with van der Waals surface area (Å²) in [6.07, 6.45) is 5.80. The van der Waals surface area contributed by atoms with Gasteiger partial charge in [-0.3, -0.25) is 14.9 Å². The van der Waals surface area contributed by atoms with Crippen molar-refractivity contribution in [3.63, 3.8) is 0 Å². The number of nitrogens with two attached hydrogens (primary N) is 2. The van der Waals surface area contributed by atoms with Crippen molar-refractivity contribution in [2.24, 2.45) is 11.5 Å². The summed E-state index contributed by atoms with van der Waals surface area (Å²) in [6.45, 7) is 4.04. The van der Waals surface area contributed by atoms with Gasteiger partial charge in [-0.2, -0.15) is 0 Å². The fourth-order valence-corrected chi connectivity index (χ4v) is 4.04. The van der Waals surface area contributed by atoms with Crippen LogP contribution in [0.4, 0.5) is 0 Å². The van der Waals surface area contributed by atoms with Crippen molar-refractivity contribution in [2.75, 3.05) is 0 Å². The summed E-state index contributed by atoms with van der Waals surface area (Å²) in [4.78, 5) is 22.8. The average molecular weight is 409 g/mol. The Morgan fingerprint density at radius 3 is 2.03 bits per heavy atom. The summed E-state index contributed by atoms with van der Waals surface area (Å²) in [7, 11) is 0. The molecule has 2 aromatic carbocycles. The summed E-state index contributed by atoms with van der Waals surface area (Å²) in [5, 5.41) is 6.71. The van der Waals surface area contributed by atoms with Crippen LogP contribution in [0, 0.1) is 13.8 Å². The molecule has 1 spiro atoms. The minimum atomic E-state index is -0.689. The van der Waals surface area contributed by atoms with Gasteiger partial charge < -0.3 is 16.8 Å². The molecule has 6 N–H and O–H groups in total. The quantitative estimate of drug-likeness (QED) is 0.626. The van der Waals surface area contributed by atoms with E-state index in [0.717, 1.165) is 29.5 Å². The van der Waals surface area contributed by atoms with E-state index < -0.39 is 11.9 Å². The number of rotatable bonds is 3. The van der Waals surface area contributed by atoms with Gasteiger partial charge in [-0.05, 0) is 50.7 Å². The number of carbonyl (C=O) groups is 2. The second-order valence-electron chi connectivity index (χ2n) is 8.41. The molecule has 1 saturated heterocycles. The van der Waals surface area contributed by atoms with Crippen LogP contribution >= 0.6 is 0 Å². The van der Waals surface area contributed by atoms with Gasteiger partial charge in [0.25, 0.3) is 0 Å². The maximum Gasteiger partial charge on any atom is 0.243 e. The highest BCUT2D eigenvalue weighted by atomic mass is 16.2. The van der Waals surface area contributed by atoms with Crippen molar-refractivity contribution in [1.82, 2.24) is 10.6 Å². The highest BCUT2D eigenvalue weighted by molar-refractivity contribution is 5.86. The topological polar surface area (TPSA) is 110 Å². The first-order valence-electron chi connectivity index (χ1n) is 10.6. The number of aryl methyl sites for hydroxylation is 2. The Bertz CT molecular complexity index is 871. The Hall–Kier alpha value is -2.70. The first-order chi connectivity index (χ1) is 14.3. The van der Waals surface area contributed by atoms with Gasteiger partial charge in [0.15, 0.2) is 0 Å². The van der Waals surface area contributed by atoms with Gasteiger partial charge in [0.1, 0.15) is 12.1 Å². The number of benzene rings is 2. The molecule has 1 aliphatic carbocycles. The lowest BCUT2D eigenvalue weighted by Crippen LogP contribution is -2.51. The van der Waals surface area contributed by atoms with Crippen molar-refractivity contribution in [1.29, 1.82) is 0 Å². The van der Waals surface area contributed by atoms with E-state index in [0.29, 0.717) is 0 Å². The van der Waals surface area contributed by atoms with E-state index in [1.54, 1.807) is 0 Å². The molecule has 2 aromatic rings. The summed E-state index contributed by atoms with van der Waals surface area (Å²) in [6, 6.07) is 14.8. The number of hydrogen-bond acceptors (Lipinski definition) is 4. The van der Waals surface area contributed by atoms with Crippen LogP contribution in [0.1, 0.15) is 66.4 Å². The van der Waals surface area contributed by atoms with Crippen LogP contribution in [-0.2, 0) is 9.59 Å². The van der Waals surface area contributed by atoms with Crippen molar-refractivity contribution in [3.8, 4) is 0 Å². The zero-order chi connectivity index (χ0) is 21.7. The molecule has 0 aromatic heterocycles. The predicted octanol–water partition coefficient (Wildman–Crippen LogP) is 2.90. The average Bonchev–Trinajstić information content (AvgIpc) is 3.05. The van der Waals surface area contributed by atoms with Crippen molar-refractivity contribution in [2.45, 2.75) is 63.7 Å². The van der Waals surface area contributed by atoms with Crippen LogP contribution in [0.3, 0.4) is 0 Å². The first-order valence-corrected chi connectivity index (χ1v) is 10.6. The molecule has 2 atom stereocenters. The smallest absolute Gasteiger partial charge is 0.243 e. The summed E-state index contributed by atoms with van der Waals surface area (Å²) >= 11 is 0. The SMILES string of the molecule is Cc1ccc(C(N)C(N)=O)cc1.Cc1ccc(C2NC3(CCCCC3)NC2=O)cc1. The zero-order valence-corrected chi connectivity index (χ0v) is 17.8. The zero-order valence-electron chi connectivity index (χ0n) is 17.8. The van der Waals surface area contributed by atoms with Gasteiger partial charge >= 0.3 is 0 Å². The third kappa shape index (κ3) is 5.26. The maximum absolute atomic E-state index is 12.2. The van der Waals surface area contributed by atoms with Crippen LogP contribution in [-0.4, -0.2) is 17.5 Å². The van der Waals surface area contributed by atoms with Gasteiger partial charge in [-0.25, -0.2) is 0 Å². The van der Waals surface area contributed by atoms with Gasteiger partial charge in [0.2, 0.25) is 11.8 Å². The van der Waals surface area contributed by atoms with Gasteiger partial charge in [-0.15, -0.1) is 0 Å². The monoisotopic (exact) mass is 408 g/mol. The third-order valence-corrected chi connectivity index (χ3v) is 5.91. The van der Waals surface area contributed by atoms with E-state index in [1.165, 1.54) is 24.8 Å². The van der Waals surface area contributed by atoms with E-state index in [-0.39, 0.29) is 17.6 Å². The fraction of sp³-hybridized carbons (Fsp3) is 0.417. The van der Waals surface area contributed by atoms with Crippen LogP contribution in [0.2, 0.25) is 0 Å². The lowest BCUT2D eigenvalue weighted by atomic mass is 9.89. The highest BCUT2D eigenvalue weighted by Gasteiger charge is 2.44. The van der Waals surface area contributed by atoms with Gasteiger partial charge in [-0.1, -0.05) is 66.1 Å². The van der Waals surface area contributed by atoms with Crippen LogP contribution < -0.4 is 22.1 Å². The molecule has 30 heavy (non-hydrogen) atoms. The molecule has 6 nitrogen and oxygen atoms in total. The first kappa shape index (κ1) is 22.0. The number of primary amides is 1. The Balaban J connectivity index is 0.000000187. The van der Waals surface area contributed by atoms with E-state index in [1.807, 2.05) is 31.2 Å². The second kappa shape index (κ2) is 9.41. The molecule has 6 heteroatoms. The number of hydrogen-bond donors (Lipinski definition) is 4. The molecule has 4 rings (SSSR count). The van der Waals surface area contributed by atoms with E-state index in [9.17, 15) is 9.59 Å². The molecular formula is C24H32N4O2. The molecule has 160 valence electrons. The Kier molecular flexibility index (Phi) is 6.90. The van der Waals surface area contributed by atoms with Gasteiger partial charge in [0.05, 0.1) is 5.66 Å². The number of carbonyl (C=O) groups excluding carboxylic acids is 2. The van der Waals surface area contributed by atoms with E-state index >= 15 is 0 Å². The summed E-state index contributed by atoms with van der Waals surface area (Å²) in [5.74, 6) is -0.375. The Morgan fingerprint density at radius 1 is 0.967 bits per heavy atom. The standard InChI is InChI=1S/C15H20N2O.C9H12N2O/c1-11-5-7-12(8-6-11)13-14(18)17-15(16-13)9-3-2-4-10-15;1-6-2-4-7(5-3-6)8(10)9(11)12/h5-8,13,16H,2-4,9-10H2,1H3,(H,17,18);2-5,8H,10H2,1H3,(H2,11,12). The minimum Gasteiger partial charge on any atom is -0.368 e. The van der Waals surface area contributed by atoms with E-state index in [4.69, 9.17) is 11.5 Å². The third-order valence-electron chi connectivity index (χ3n) is 5.91. The van der Waals surface area contributed by atoms with Crippen molar-refractivity contribution in [3.05, 3.63) is 70.8 Å². The fourth-order valence-electron chi connectivity index (χ4n) is 4.04. The summed E-state index contributed by atoms with van der Waals surface area (Å²) in [5.41, 5.74) is 14.6. The molecule has 2 unspecified atom stereocenters. The molecule has 2 aliphatic rings. The Morgan fingerprint density at radius 2 is 1.50 bits per heavy atom. The molecular weight excluding hydrogens is 376 g/mol. The van der Waals surface area contributed by atoms with Crippen LogP contribution in [0.15, 0.2) is 48.5 Å². The second-order valence-corrected chi connectivity index (χ2v) is 8.41. The van der Waals surface area contributed by atoms with E-state index in [2.05, 4.69) is 41.8 Å². The number of nitrogens with one attached hydrogen (secondary N) is 2. The number of amides is 2. The predicted molar refractivity (Wildman–Crippen MR) is 118 cm³/mol. The van der Waals surface area contributed by atoms with Gasteiger partial charge in [0, 0.05) is 0 Å². The molecule has 1 saturated carbocycles. The molecule has 1 aliphatic heterocycles. The van der Waals surface area contributed by atoms with Crippen molar-refractivity contribution >= 4 is 11.8 Å². The van der Waals surface area contributed by atoms with Crippen LogP contribution in [0.25, 0.3) is 0 Å². The minimum absolute atomic E-state index is 0.126. The molecule has 2 amide bonds. The lowest BCUT2D eigenvalue weighted by Gasteiger charge is -2.33. The van der Waals surface area contributed by atoms with Crippen molar-refractivity contribution < 1.29 is 9.59 Å². The lowest BCUT2D eigenvalue weighted by molar-refractivity contribution is -0.121. The molecule has 0 bridgehead atoms. The maximum atomic E-state index is 12.2. The largest absolute Gasteiger partial charge is 0.368 e. The van der Waals surface area contributed by atoms with Crippen LogP contribution in [0.5, 0.6) is 0 Å². The molecule has 2 fully saturated rings. The normalized spacial score (nSPS) is 20.8. The highest BCUT2D eigenvalue weighted by Crippen LogP contribution is 2.33. The Labute approximate surface area is 178 Å². The molecule has 1 heterocycles. The molecule has 0 radical (unpaired) electrons. The summed E-state index contributed by atoms with van der Waals surface area (Å²) < 4.78 is 0.